The SMILES string of the molecule is Cc1cccc(CNS(=O)(=O)C2CON(C)C2c2ccc(C(C)(C)C)cc2)c1. The van der Waals surface area contributed by atoms with Gasteiger partial charge in [-0.3, -0.25) is 4.84 Å². The van der Waals surface area contributed by atoms with Crippen molar-refractivity contribution in [2.45, 2.75) is 50.9 Å². The summed E-state index contributed by atoms with van der Waals surface area (Å²) in [5, 5.41) is 0.991. The fraction of sp³-hybridized carbons (Fsp3) is 0.455. The molecule has 0 amide bonds. The molecule has 1 aliphatic heterocycles. The molecule has 2 aromatic carbocycles. The second-order valence-corrected chi connectivity index (χ2v) is 10.5. The van der Waals surface area contributed by atoms with Crippen molar-refractivity contribution in [3.05, 3.63) is 70.8 Å². The third-order valence-corrected chi connectivity index (χ3v) is 7.00. The van der Waals surface area contributed by atoms with Crippen molar-refractivity contribution < 1.29 is 13.3 Å². The molecule has 1 N–H and O–H groups in total. The maximum absolute atomic E-state index is 13.0. The summed E-state index contributed by atoms with van der Waals surface area (Å²) in [5.41, 5.74) is 4.27. The topological polar surface area (TPSA) is 58.6 Å². The normalized spacial score (nSPS) is 21.2. The van der Waals surface area contributed by atoms with Crippen LogP contribution in [0.15, 0.2) is 48.5 Å². The molecule has 1 fully saturated rings. The largest absolute Gasteiger partial charge is 0.297 e. The monoisotopic (exact) mass is 402 g/mol. The minimum Gasteiger partial charge on any atom is -0.297 e. The van der Waals surface area contributed by atoms with Gasteiger partial charge < -0.3 is 0 Å². The molecule has 1 saturated heterocycles. The Morgan fingerprint density at radius 2 is 1.82 bits per heavy atom. The highest BCUT2D eigenvalue weighted by Gasteiger charge is 2.43. The summed E-state index contributed by atoms with van der Waals surface area (Å²) >= 11 is 0. The van der Waals surface area contributed by atoms with E-state index in [1.54, 1.807) is 12.1 Å². The predicted octanol–water partition coefficient (Wildman–Crippen LogP) is 3.70. The zero-order valence-corrected chi connectivity index (χ0v) is 18.1. The fourth-order valence-electron chi connectivity index (χ4n) is 3.57. The van der Waals surface area contributed by atoms with Crippen molar-refractivity contribution in [3.63, 3.8) is 0 Å². The van der Waals surface area contributed by atoms with Crippen molar-refractivity contribution in [2.75, 3.05) is 13.7 Å². The Labute approximate surface area is 168 Å². The number of aryl methyl sites for hydroxylation is 1. The molecular weight excluding hydrogens is 372 g/mol. The summed E-state index contributed by atoms with van der Waals surface area (Å²) in [6.45, 7) is 8.90. The average molecular weight is 403 g/mol. The lowest BCUT2D eigenvalue weighted by molar-refractivity contribution is -0.110. The van der Waals surface area contributed by atoms with Crippen molar-refractivity contribution in [2.24, 2.45) is 0 Å². The van der Waals surface area contributed by atoms with Gasteiger partial charge in [-0.25, -0.2) is 13.1 Å². The quantitative estimate of drug-likeness (QED) is 0.829. The van der Waals surface area contributed by atoms with E-state index >= 15 is 0 Å². The molecule has 152 valence electrons. The number of hydrogen-bond donors (Lipinski definition) is 1. The van der Waals surface area contributed by atoms with E-state index in [4.69, 9.17) is 4.84 Å². The number of nitrogens with zero attached hydrogens (tertiary/aromatic N) is 1. The predicted molar refractivity (Wildman–Crippen MR) is 112 cm³/mol. The second kappa shape index (κ2) is 7.95. The second-order valence-electron chi connectivity index (χ2n) is 8.55. The summed E-state index contributed by atoms with van der Waals surface area (Å²) in [7, 11) is -1.77. The zero-order valence-electron chi connectivity index (χ0n) is 17.3. The molecule has 0 radical (unpaired) electrons. The van der Waals surface area contributed by atoms with Gasteiger partial charge in [-0.05, 0) is 29.0 Å². The lowest BCUT2D eigenvalue weighted by atomic mass is 9.86. The number of benzene rings is 2. The molecule has 0 spiro atoms. The molecule has 0 aliphatic carbocycles. The number of rotatable bonds is 5. The van der Waals surface area contributed by atoms with Crippen molar-refractivity contribution >= 4 is 10.0 Å². The highest BCUT2D eigenvalue weighted by Crippen LogP contribution is 2.34. The Hall–Kier alpha value is -1.73. The number of hydroxylamine groups is 2. The highest BCUT2D eigenvalue weighted by atomic mass is 32.2. The Balaban J connectivity index is 1.79. The first-order chi connectivity index (χ1) is 13.1. The molecule has 6 heteroatoms. The maximum atomic E-state index is 13.0. The van der Waals surface area contributed by atoms with Gasteiger partial charge in [0.2, 0.25) is 10.0 Å². The first kappa shape index (κ1) is 21.0. The maximum Gasteiger partial charge on any atom is 0.219 e. The molecule has 5 nitrogen and oxygen atoms in total. The molecule has 0 saturated carbocycles. The van der Waals surface area contributed by atoms with Crippen LogP contribution in [0.3, 0.4) is 0 Å². The molecule has 2 aromatic rings. The van der Waals surface area contributed by atoms with Crippen molar-refractivity contribution in [1.82, 2.24) is 9.79 Å². The van der Waals surface area contributed by atoms with Gasteiger partial charge >= 0.3 is 0 Å². The number of hydrogen-bond acceptors (Lipinski definition) is 4. The average Bonchev–Trinajstić information content (AvgIpc) is 3.02. The van der Waals surface area contributed by atoms with Crippen molar-refractivity contribution in [3.8, 4) is 0 Å². The lowest BCUT2D eigenvalue weighted by Crippen LogP contribution is -2.39. The molecule has 1 heterocycles. The van der Waals surface area contributed by atoms with E-state index in [9.17, 15) is 8.42 Å². The van der Waals surface area contributed by atoms with E-state index < -0.39 is 15.3 Å². The standard InChI is InChI=1S/C22H30N2O3S/c1-16-7-6-8-17(13-16)14-23-28(25,26)20-15-27-24(5)21(20)18-9-11-19(12-10-18)22(2,3)4/h6-13,20-21,23H,14-15H2,1-5H3. The first-order valence-corrected chi connectivity index (χ1v) is 11.1. The van der Waals surface area contributed by atoms with Crippen LogP contribution < -0.4 is 4.72 Å². The van der Waals surface area contributed by atoms with Gasteiger partial charge in [0, 0.05) is 13.6 Å². The van der Waals surface area contributed by atoms with Crippen LogP contribution in [-0.2, 0) is 26.8 Å². The van der Waals surface area contributed by atoms with E-state index in [1.807, 2.05) is 43.3 Å². The third kappa shape index (κ3) is 4.63. The van der Waals surface area contributed by atoms with E-state index in [2.05, 4.69) is 37.6 Å². The number of nitrogens with one attached hydrogen (secondary N) is 1. The summed E-state index contributed by atoms with van der Waals surface area (Å²) in [5.74, 6) is 0. The van der Waals surface area contributed by atoms with Gasteiger partial charge in [0.05, 0.1) is 12.6 Å². The van der Waals surface area contributed by atoms with Crippen LogP contribution in [0.2, 0.25) is 0 Å². The summed E-state index contributed by atoms with van der Waals surface area (Å²) < 4.78 is 28.8. The van der Waals surface area contributed by atoms with Crippen LogP contribution in [0.5, 0.6) is 0 Å². The third-order valence-electron chi connectivity index (χ3n) is 5.26. The Morgan fingerprint density at radius 1 is 1.14 bits per heavy atom. The smallest absolute Gasteiger partial charge is 0.219 e. The minimum atomic E-state index is -3.56. The van der Waals surface area contributed by atoms with Crippen LogP contribution in [0.1, 0.15) is 49.1 Å². The van der Waals surface area contributed by atoms with Crippen LogP contribution >= 0.6 is 0 Å². The van der Waals surface area contributed by atoms with Crippen LogP contribution in [-0.4, -0.2) is 32.4 Å². The highest BCUT2D eigenvalue weighted by molar-refractivity contribution is 7.90. The Morgan fingerprint density at radius 3 is 2.43 bits per heavy atom. The van der Waals surface area contributed by atoms with Gasteiger partial charge in [0.25, 0.3) is 0 Å². The van der Waals surface area contributed by atoms with E-state index in [0.717, 1.165) is 16.7 Å². The van der Waals surface area contributed by atoms with E-state index in [0.29, 0.717) is 0 Å². The Kier molecular flexibility index (Phi) is 5.96. The van der Waals surface area contributed by atoms with Gasteiger partial charge in [-0.15, -0.1) is 0 Å². The molecule has 2 unspecified atom stereocenters. The van der Waals surface area contributed by atoms with Gasteiger partial charge in [0.1, 0.15) is 5.25 Å². The molecule has 0 bridgehead atoms. The molecule has 2 atom stereocenters. The van der Waals surface area contributed by atoms with E-state index in [-0.39, 0.29) is 24.6 Å². The first-order valence-electron chi connectivity index (χ1n) is 9.58. The minimum absolute atomic E-state index is 0.0530. The molecule has 1 aliphatic rings. The molecule has 28 heavy (non-hydrogen) atoms. The van der Waals surface area contributed by atoms with Gasteiger partial charge in [-0.1, -0.05) is 74.9 Å². The molecular formula is C22H30N2O3S. The van der Waals surface area contributed by atoms with Gasteiger partial charge in [0.15, 0.2) is 0 Å². The zero-order chi connectivity index (χ0) is 20.5. The Bertz CT molecular complexity index is 918. The van der Waals surface area contributed by atoms with E-state index in [1.165, 1.54) is 5.56 Å². The molecule has 3 rings (SSSR count). The summed E-state index contributed by atoms with van der Waals surface area (Å²) in [6.07, 6.45) is 0. The van der Waals surface area contributed by atoms with Gasteiger partial charge in [-0.2, -0.15) is 5.06 Å². The molecule has 0 aromatic heterocycles. The fourth-order valence-corrected chi connectivity index (χ4v) is 5.06. The van der Waals surface area contributed by atoms with Crippen LogP contribution in [0.25, 0.3) is 0 Å². The summed E-state index contributed by atoms with van der Waals surface area (Å²) in [6, 6.07) is 15.7. The number of sulfonamides is 1. The van der Waals surface area contributed by atoms with Crippen LogP contribution in [0.4, 0.5) is 0 Å². The van der Waals surface area contributed by atoms with Crippen LogP contribution in [0, 0.1) is 6.92 Å². The van der Waals surface area contributed by atoms with Crippen molar-refractivity contribution in [1.29, 1.82) is 0 Å². The summed E-state index contributed by atoms with van der Waals surface area (Å²) in [4.78, 5) is 5.60. The lowest BCUT2D eigenvalue weighted by Gasteiger charge is -2.25.